The maximum Gasteiger partial charge on any atom is 1.00 e. The number of carbonyl (C=O) groups excluding carboxylic acids is 4. The van der Waals surface area contributed by atoms with Gasteiger partial charge in [-0.3, -0.25) is 19.3 Å². The van der Waals surface area contributed by atoms with Gasteiger partial charge in [-0.25, -0.2) is 4.79 Å². The van der Waals surface area contributed by atoms with Crippen LogP contribution in [-0.4, -0.2) is 48.4 Å². The molecule has 0 saturated carbocycles. The predicted molar refractivity (Wildman–Crippen MR) is 88.7 cm³/mol. The molecule has 9 heteroatoms. The summed E-state index contributed by atoms with van der Waals surface area (Å²) in [5.41, 5.74) is 0. The number of urea groups is 2. The molecule has 0 atom stereocenters. The molecular formula is C14H31N4NaO4. The Bertz CT molecular complexity index is 335. The number of nitrogens with zero attached hydrogens (tertiary/aromatic N) is 2. The van der Waals surface area contributed by atoms with Gasteiger partial charge in [0, 0.05) is 13.1 Å². The molecule has 2 aliphatic rings. The van der Waals surface area contributed by atoms with E-state index in [4.69, 9.17) is 0 Å². The van der Waals surface area contributed by atoms with Crippen LogP contribution in [0.4, 0.5) is 9.59 Å². The number of hydrogen-bond acceptors (Lipinski definition) is 4. The van der Waals surface area contributed by atoms with Crippen molar-refractivity contribution in [3.05, 3.63) is 5.32 Å². The van der Waals surface area contributed by atoms with Crippen molar-refractivity contribution in [2.45, 2.75) is 49.5 Å². The summed E-state index contributed by atoms with van der Waals surface area (Å²) >= 11 is 0. The Morgan fingerprint density at radius 3 is 1.57 bits per heavy atom. The minimum Gasteiger partial charge on any atom is -0.442 e. The molecular weight excluding hydrogens is 311 g/mol. The van der Waals surface area contributed by atoms with E-state index in [1.54, 1.807) is 6.92 Å². The quantitative estimate of drug-likeness (QED) is 0.494. The molecule has 2 fully saturated rings. The van der Waals surface area contributed by atoms with Crippen molar-refractivity contribution in [2.24, 2.45) is 0 Å². The van der Waals surface area contributed by atoms with Crippen LogP contribution in [0, 0.1) is 0 Å². The summed E-state index contributed by atoms with van der Waals surface area (Å²) in [6.07, 6.45) is 1.25. The fourth-order valence-electron chi connectivity index (χ4n) is 1.12. The van der Waals surface area contributed by atoms with Gasteiger partial charge in [0.1, 0.15) is 5.91 Å². The predicted octanol–water partition coefficient (Wildman–Crippen LogP) is -0.503. The van der Waals surface area contributed by atoms with Crippen LogP contribution >= 0.6 is 0 Å². The number of amides is 6. The third-order valence-corrected chi connectivity index (χ3v) is 1.87. The summed E-state index contributed by atoms with van der Waals surface area (Å²) < 4.78 is 0. The van der Waals surface area contributed by atoms with E-state index in [0.717, 1.165) is 0 Å². The zero-order valence-electron chi connectivity index (χ0n) is 12.4. The first-order valence-corrected chi connectivity index (χ1v) is 6.06. The minimum atomic E-state index is -0.523. The Balaban J connectivity index is -0.0000000708. The summed E-state index contributed by atoms with van der Waals surface area (Å²) in [7, 11) is 0. The molecule has 2 aliphatic heterocycles. The molecule has 0 aromatic heterocycles. The van der Waals surface area contributed by atoms with Crippen LogP contribution in [0.5, 0.6) is 0 Å². The van der Waals surface area contributed by atoms with Gasteiger partial charge in [0.2, 0.25) is 5.91 Å². The minimum absolute atomic E-state index is 0. The monoisotopic (exact) mass is 342 g/mol. The molecule has 2 saturated heterocycles. The summed E-state index contributed by atoms with van der Waals surface area (Å²) in [4.78, 5) is 42.4. The van der Waals surface area contributed by atoms with Gasteiger partial charge < -0.3 is 16.0 Å². The Kier molecular flexibility index (Phi) is 27.6. The molecule has 8 nitrogen and oxygen atoms in total. The Labute approximate surface area is 162 Å². The average Bonchev–Trinajstić information content (AvgIpc) is 2.87. The van der Waals surface area contributed by atoms with Crippen LogP contribution in [0.3, 0.4) is 0 Å². The van der Waals surface area contributed by atoms with E-state index in [9.17, 15) is 19.2 Å². The van der Waals surface area contributed by atoms with Gasteiger partial charge >= 0.3 is 35.6 Å². The van der Waals surface area contributed by atoms with Gasteiger partial charge in [0.05, 0.1) is 6.54 Å². The summed E-state index contributed by atoms with van der Waals surface area (Å²) in [6.45, 7) is 6.71. The van der Waals surface area contributed by atoms with Crippen LogP contribution in [0.1, 0.15) is 49.5 Å². The molecule has 2 heterocycles. The van der Waals surface area contributed by atoms with Crippen LogP contribution in [0.15, 0.2) is 0 Å². The fraction of sp³-hybridized carbons (Fsp3) is 0.714. The van der Waals surface area contributed by atoms with Crippen molar-refractivity contribution in [3.8, 4) is 0 Å². The van der Waals surface area contributed by atoms with Crippen LogP contribution in [0.25, 0.3) is 5.32 Å². The Morgan fingerprint density at radius 1 is 0.957 bits per heavy atom. The SMILES string of the molecule is C.C.C.CCC.CCN1C(=O)CNC1=O.O=C1CNC(=O)[N-]1.[Na+]. The molecule has 0 radical (unpaired) electrons. The zero-order chi connectivity index (χ0) is 14.8. The first-order valence-electron chi connectivity index (χ1n) is 6.06. The van der Waals surface area contributed by atoms with E-state index < -0.39 is 6.03 Å². The normalized spacial score (nSPS) is 13.8. The molecule has 0 unspecified atom stereocenters. The van der Waals surface area contributed by atoms with Gasteiger partial charge in [-0.1, -0.05) is 42.5 Å². The summed E-state index contributed by atoms with van der Waals surface area (Å²) in [5, 5.41) is 7.62. The maximum absolute atomic E-state index is 10.7. The van der Waals surface area contributed by atoms with Crippen LogP contribution in [-0.2, 0) is 9.59 Å². The van der Waals surface area contributed by atoms with Crippen LogP contribution < -0.4 is 40.2 Å². The largest absolute Gasteiger partial charge is 1.00 e. The van der Waals surface area contributed by atoms with Gasteiger partial charge in [-0.15, -0.1) is 0 Å². The van der Waals surface area contributed by atoms with E-state index in [2.05, 4.69) is 29.8 Å². The van der Waals surface area contributed by atoms with Gasteiger partial charge in [-0.05, 0) is 6.92 Å². The Morgan fingerprint density at radius 2 is 1.43 bits per heavy atom. The first-order chi connectivity index (χ1) is 8.96. The third kappa shape index (κ3) is 14.2. The second-order valence-electron chi connectivity index (χ2n) is 3.67. The summed E-state index contributed by atoms with van der Waals surface area (Å²) in [6, 6.07) is -0.799. The summed E-state index contributed by atoms with van der Waals surface area (Å²) in [5.74, 6) is -0.521. The van der Waals surface area contributed by atoms with E-state index in [1.807, 2.05) is 0 Å². The average molecular weight is 342 g/mol. The van der Waals surface area contributed by atoms with E-state index >= 15 is 0 Å². The van der Waals surface area contributed by atoms with Crippen molar-refractivity contribution in [2.75, 3.05) is 19.6 Å². The number of hydrogen-bond donors (Lipinski definition) is 2. The molecule has 132 valence electrons. The maximum atomic E-state index is 10.7. The molecule has 0 aromatic rings. The van der Waals surface area contributed by atoms with E-state index in [1.165, 1.54) is 11.3 Å². The first kappa shape index (κ1) is 33.5. The Hall–Kier alpha value is -1.12. The molecule has 6 amide bonds. The van der Waals surface area contributed by atoms with Crippen molar-refractivity contribution in [3.63, 3.8) is 0 Å². The second-order valence-corrected chi connectivity index (χ2v) is 3.67. The van der Waals surface area contributed by atoms with Crippen molar-refractivity contribution >= 4 is 23.9 Å². The van der Waals surface area contributed by atoms with Gasteiger partial charge in [-0.2, -0.15) is 0 Å². The van der Waals surface area contributed by atoms with Crippen molar-refractivity contribution in [1.29, 1.82) is 0 Å². The molecule has 0 bridgehead atoms. The molecule has 2 N–H and O–H groups in total. The van der Waals surface area contributed by atoms with Crippen molar-refractivity contribution in [1.82, 2.24) is 15.5 Å². The molecule has 2 rings (SSSR count). The molecule has 0 spiro atoms. The van der Waals surface area contributed by atoms with E-state index in [-0.39, 0.29) is 82.8 Å². The smallest absolute Gasteiger partial charge is 0.442 e. The zero-order valence-corrected chi connectivity index (χ0v) is 14.4. The fourth-order valence-corrected chi connectivity index (χ4v) is 1.12. The van der Waals surface area contributed by atoms with E-state index in [0.29, 0.717) is 6.54 Å². The number of carbonyl (C=O) groups is 4. The molecule has 23 heavy (non-hydrogen) atoms. The van der Waals surface area contributed by atoms with Crippen LogP contribution in [0.2, 0.25) is 0 Å². The van der Waals surface area contributed by atoms with Gasteiger partial charge in [0.15, 0.2) is 6.03 Å². The number of nitrogens with one attached hydrogen (secondary N) is 2. The number of likely N-dealkylation sites (N-methyl/N-ethyl adjacent to an activating group) is 1. The standard InChI is InChI=1S/C5H8N2O2.C3H4N2O2.C3H8.3CH4.Na/c1-2-7-4(8)3-6-5(7)9;6-2-1-4-3(7)5-2;1-3-2;;;;/h2-3H2,1H3,(H,6,9);1H2,(H2,4,5,6,7);3H2,1-2H3;3*1H4;/q;;;;;;+1/p-1. The molecule has 0 aliphatic carbocycles. The third-order valence-electron chi connectivity index (χ3n) is 1.87. The van der Waals surface area contributed by atoms with Gasteiger partial charge in [0.25, 0.3) is 0 Å². The topological polar surface area (TPSA) is 110 Å². The second kappa shape index (κ2) is 18.9. The number of imide groups is 2. The number of rotatable bonds is 1. The van der Waals surface area contributed by atoms with Crippen molar-refractivity contribution < 1.29 is 48.7 Å². The molecule has 0 aromatic carbocycles.